The van der Waals surface area contributed by atoms with Crippen LogP contribution in [0.25, 0.3) is 0 Å². The summed E-state index contributed by atoms with van der Waals surface area (Å²) < 4.78 is 5.23. The summed E-state index contributed by atoms with van der Waals surface area (Å²) in [6.45, 7) is 4.93. The van der Waals surface area contributed by atoms with Crippen LogP contribution in [0, 0.1) is 0 Å². The molecule has 2 rings (SSSR count). The van der Waals surface area contributed by atoms with Gasteiger partial charge in [0.1, 0.15) is 12.0 Å². The van der Waals surface area contributed by atoms with Crippen LogP contribution in [0.15, 0.2) is 24.3 Å². The molecule has 1 aromatic carbocycles. The highest BCUT2D eigenvalue weighted by Gasteiger charge is 2.32. The quantitative estimate of drug-likeness (QED) is 0.850. The maximum Gasteiger partial charge on any atom is 0.414 e. The van der Waals surface area contributed by atoms with E-state index in [0.717, 1.165) is 5.69 Å². The zero-order valence-corrected chi connectivity index (χ0v) is 12.9. The fraction of sp³-hybridized carbons (Fsp3) is 0.467. The van der Waals surface area contributed by atoms with E-state index in [4.69, 9.17) is 16.3 Å². The Bertz CT molecular complexity index is 516. The number of hydrogen-bond donors (Lipinski definition) is 1. The van der Waals surface area contributed by atoms with Crippen LogP contribution < -0.4 is 10.2 Å². The van der Waals surface area contributed by atoms with E-state index >= 15 is 0 Å². The number of benzene rings is 1. The van der Waals surface area contributed by atoms with Gasteiger partial charge in [-0.05, 0) is 23.6 Å². The Morgan fingerprint density at radius 3 is 2.67 bits per heavy atom. The van der Waals surface area contributed by atoms with E-state index in [-0.39, 0.29) is 24.4 Å². The second-order valence-electron chi connectivity index (χ2n) is 5.30. The van der Waals surface area contributed by atoms with Crippen LogP contribution in [0.3, 0.4) is 0 Å². The summed E-state index contributed by atoms with van der Waals surface area (Å²) in [5.74, 6) is 0.0802. The third kappa shape index (κ3) is 3.88. The van der Waals surface area contributed by atoms with Crippen LogP contribution in [-0.2, 0) is 9.53 Å². The number of carbonyl (C=O) groups excluding carboxylic acids is 2. The summed E-state index contributed by atoms with van der Waals surface area (Å²) in [7, 11) is 0. The maximum absolute atomic E-state index is 11.9. The van der Waals surface area contributed by atoms with Gasteiger partial charge in [0.05, 0.1) is 13.1 Å². The molecule has 0 aliphatic carbocycles. The molecule has 5 nitrogen and oxygen atoms in total. The summed E-state index contributed by atoms with van der Waals surface area (Å²) in [5.41, 5.74) is 2.02. The molecule has 0 saturated carbocycles. The fourth-order valence-electron chi connectivity index (χ4n) is 2.15. The predicted octanol–water partition coefficient (Wildman–Crippen LogP) is 2.49. The van der Waals surface area contributed by atoms with Crippen LogP contribution in [0.2, 0.25) is 0 Å². The first-order chi connectivity index (χ1) is 10.0. The molecule has 1 unspecified atom stereocenters. The number of amides is 2. The largest absolute Gasteiger partial charge is 0.442 e. The van der Waals surface area contributed by atoms with Crippen molar-refractivity contribution in [3.63, 3.8) is 0 Å². The van der Waals surface area contributed by atoms with Crippen LogP contribution in [0.4, 0.5) is 10.5 Å². The van der Waals surface area contributed by atoms with Gasteiger partial charge in [-0.1, -0.05) is 26.0 Å². The lowest BCUT2D eigenvalue weighted by molar-refractivity contribution is -0.119. The minimum absolute atomic E-state index is 0.0962. The van der Waals surface area contributed by atoms with E-state index in [0.29, 0.717) is 12.5 Å². The molecule has 1 aliphatic heterocycles. The highest BCUT2D eigenvalue weighted by Crippen LogP contribution is 2.24. The third-order valence-corrected chi connectivity index (χ3v) is 3.64. The van der Waals surface area contributed by atoms with Crippen molar-refractivity contribution in [1.82, 2.24) is 5.32 Å². The topological polar surface area (TPSA) is 58.6 Å². The van der Waals surface area contributed by atoms with Crippen molar-refractivity contribution in [3.8, 4) is 0 Å². The Balaban J connectivity index is 1.98. The lowest BCUT2D eigenvalue weighted by atomic mass is 10.0. The first-order valence-electron chi connectivity index (χ1n) is 6.92. The number of carbonyl (C=O) groups is 2. The van der Waals surface area contributed by atoms with Gasteiger partial charge in [0, 0.05) is 5.69 Å². The molecule has 0 spiro atoms. The van der Waals surface area contributed by atoms with E-state index in [1.165, 1.54) is 5.56 Å². The molecule has 21 heavy (non-hydrogen) atoms. The van der Waals surface area contributed by atoms with E-state index in [1.54, 1.807) is 4.90 Å². The second kappa shape index (κ2) is 6.80. The average Bonchev–Trinajstić information content (AvgIpc) is 2.86. The van der Waals surface area contributed by atoms with Gasteiger partial charge in [0.2, 0.25) is 5.91 Å². The molecule has 1 aliphatic rings. The van der Waals surface area contributed by atoms with Crippen molar-refractivity contribution in [2.45, 2.75) is 25.9 Å². The van der Waals surface area contributed by atoms with Crippen molar-refractivity contribution >= 4 is 29.3 Å². The van der Waals surface area contributed by atoms with Crippen LogP contribution in [-0.4, -0.2) is 37.1 Å². The first-order valence-corrected chi connectivity index (χ1v) is 7.45. The minimum Gasteiger partial charge on any atom is -0.442 e. The number of nitrogens with one attached hydrogen (secondary N) is 1. The lowest BCUT2D eigenvalue weighted by Gasteiger charge is -2.14. The molecule has 0 bridgehead atoms. The fourth-order valence-corrected chi connectivity index (χ4v) is 2.25. The van der Waals surface area contributed by atoms with Gasteiger partial charge in [-0.3, -0.25) is 9.69 Å². The first kappa shape index (κ1) is 15.6. The van der Waals surface area contributed by atoms with Crippen molar-refractivity contribution < 1.29 is 14.3 Å². The van der Waals surface area contributed by atoms with Crippen molar-refractivity contribution in [3.05, 3.63) is 29.8 Å². The Kier molecular flexibility index (Phi) is 5.07. The Labute approximate surface area is 129 Å². The Morgan fingerprint density at radius 1 is 1.43 bits per heavy atom. The molecule has 1 heterocycles. The van der Waals surface area contributed by atoms with Crippen LogP contribution in [0.5, 0.6) is 0 Å². The van der Waals surface area contributed by atoms with E-state index in [2.05, 4.69) is 19.2 Å². The standard InChI is InChI=1S/C15H19ClN2O3/c1-10(2)11-3-5-12(6-4-11)18-9-13(21-15(18)20)8-17-14(19)7-16/h3-6,10,13H,7-9H2,1-2H3,(H,17,19). The number of anilines is 1. The monoisotopic (exact) mass is 310 g/mol. The predicted molar refractivity (Wildman–Crippen MR) is 81.9 cm³/mol. The smallest absolute Gasteiger partial charge is 0.414 e. The molecular formula is C15H19ClN2O3. The molecule has 1 N–H and O–H groups in total. The van der Waals surface area contributed by atoms with Crippen molar-refractivity contribution in [2.75, 3.05) is 23.9 Å². The second-order valence-corrected chi connectivity index (χ2v) is 5.57. The maximum atomic E-state index is 11.9. The third-order valence-electron chi connectivity index (χ3n) is 3.39. The van der Waals surface area contributed by atoms with Gasteiger partial charge in [0.15, 0.2) is 0 Å². The summed E-state index contributed by atoms with van der Waals surface area (Å²) in [6.07, 6.45) is -0.744. The van der Waals surface area contributed by atoms with Crippen LogP contribution in [0.1, 0.15) is 25.3 Å². The molecule has 0 radical (unpaired) electrons. The molecule has 1 saturated heterocycles. The Hall–Kier alpha value is -1.75. The summed E-state index contributed by atoms with van der Waals surface area (Å²) in [4.78, 5) is 24.6. The molecule has 2 amide bonds. The number of cyclic esters (lactones) is 1. The highest BCUT2D eigenvalue weighted by molar-refractivity contribution is 6.27. The van der Waals surface area contributed by atoms with Gasteiger partial charge in [0.25, 0.3) is 0 Å². The summed E-state index contributed by atoms with van der Waals surface area (Å²) >= 11 is 5.40. The van der Waals surface area contributed by atoms with Crippen molar-refractivity contribution in [1.29, 1.82) is 0 Å². The number of ether oxygens (including phenoxy) is 1. The van der Waals surface area contributed by atoms with Crippen molar-refractivity contribution in [2.24, 2.45) is 0 Å². The van der Waals surface area contributed by atoms with Gasteiger partial charge in [-0.2, -0.15) is 0 Å². The Morgan fingerprint density at radius 2 is 2.10 bits per heavy atom. The normalized spacial score (nSPS) is 18.0. The van der Waals surface area contributed by atoms with Gasteiger partial charge >= 0.3 is 6.09 Å². The minimum atomic E-state index is -0.391. The number of alkyl halides is 1. The van der Waals surface area contributed by atoms with E-state index in [1.807, 2.05) is 24.3 Å². The molecule has 6 heteroatoms. The molecular weight excluding hydrogens is 292 g/mol. The van der Waals surface area contributed by atoms with E-state index < -0.39 is 6.09 Å². The molecule has 0 aromatic heterocycles. The zero-order valence-electron chi connectivity index (χ0n) is 12.1. The molecule has 1 fully saturated rings. The number of halogens is 1. The highest BCUT2D eigenvalue weighted by atomic mass is 35.5. The van der Waals surface area contributed by atoms with Gasteiger partial charge < -0.3 is 10.1 Å². The average molecular weight is 311 g/mol. The number of nitrogens with zero attached hydrogens (tertiary/aromatic N) is 1. The zero-order chi connectivity index (χ0) is 15.4. The molecule has 1 atom stereocenters. The molecule has 1 aromatic rings. The summed E-state index contributed by atoms with van der Waals surface area (Å²) in [6, 6.07) is 7.85. The molecule has 114 valence electrons. The number of hydrogen-bond acceptors (Lipinski definition) is 3. The summed E-state index contributed by atoms with van der Waals surface area (Å²) in [5, 5.41) is 2.62. The number of rotatable bonds is 5. The lowest BCUT2D eigenvalue weighted by Crippen LogP contribution is -2.35. The van der Waals surface area contributed by atoms with E-state index in [9.17, 15) is 9.59 Å². The SMILES string of the molecule is CC(C)c1ccc(N2CC(CNC(=O)CCl)OC2=O)cc1. The van der Waals surface area contributed by atoms with Gasteiger partial charge in [-0.25, -0.2) is 4.79 Å². The van der Waals surface area contributed by atoms with Crippen LogP contribution >= 0.6 is 11.6 Å². The van der Waals surface area contributed by atoms with Gasteiger partial charge in [-0.15, -0.1) is 11.6 Å².